The molecule has 0 saturated heterocycles. The van der Waals surface area contributed by atoms with E-state index < -0.39 is 9.83 Å². The van der Waals surface area contributed by atoms with Crippen LogP contribution >= 0.6 is 71.7 Å². The normalized spacial score (nSPS) is 21.9. The molecule has 0 saturated carbocycles. The Balaban J connectivity index is 2.30. The number of rotatable bonds is 2. The van der Waals surface area contributed by atoms with Gasteiger partial charge in [-0.15, -0.1) is 0 Å². The van der Waals surface area contributed by atoms with Crippen LogP contribution in [0.5, 0.6) is 0 Å². The minimum Gasteiger partial charge on any atom is -0.242 e. The molecule has 104 valence electrons. The van der Waals surface area contributed by atoms with Crippen molar-refractivity contribution < 1.29 is 4.21 Å². The minimum absolute atomic E-state index is 0.891. The van der Waals surface area contributed by atoms with Gasteiger partial charge < -0.3 is 0 Å². The zero-order chi connectivity index (χ0) is 13.4. The number of fused-ring (bicyclic) bond motifs is 2. The lowest BCUT2D eigenvalue weighted by atomic mass is 10.1. The van der Waals surface area contributed by atoms with Crippen LogP contribution in [-0.4, -0.2) is 4.21 Å². The first-order valence-electron chi connectivity index (χ1n) is 5.60. The topological polar surface area (TPSA) is 17.1 Å². The monoisotopic (exact) mass is 402 g/mol. The van der Waals surface area contributed by atoms with Gasteiger partial charge in [-0.25, -0.2) is 4.21 Å². The average Bonchev–Trinajstić information content (AvgIpc) is 2.66. The van der Waals surface area contributed by atoms with E-state index in [-0.39, 0.29) is 0 Å². The van der Waals surface area contributed by atoms with Crippen molar-refractivity contribution in [2.45, 2.75) is 46.3 Å². The molecule has 1 aromatic rings. The van der Waals surface area contributed by atoms with Crippen LogP contribution in [0, 0.1) is 0 Å². The number of hydrogen-bond donors (Lipinski definition) is 0. The van der Waals surface area contributed by atoms with E-state index in [1.807, 2.05) is 51.1 Å². The Morgan fingerprint density at radius 2 is 1.47 bits per heavy atom. The van der Waals surface area contributed by atoms with E-state index in [0.29, 0.717) is 0 Å². The molecular formula is C10H10OS8. The van der Waals surface area contributed by atoms with Crippen molar-refractivity contribution >= 4 is 81.5 Å². The van der Waals surface area contributed by atoms with Gasteiger partial charge in [0.25, 0.3) is 0 Å². The average molecular weight is 403 g/mol. The molecule has 0 aromatic heterocycles. The van der Waals surface area contributed by atoms with Crippen LogP contribution in [-0.2, 0) is 22.7 Å². The zero-order valence-corrected chi connectivity index (χ0v) is 16.6. The predicted molar refractivity (Wildman–Crippen MR) is 99.5 cm³/mol. The first-order valence-corrected chi connectivity index (χ1v) is 15.6. The molecule has 19 heavy (non-hydrogen) atoms. The Morgan fingerprint density at radius 3 is 2.11 bits per heavy atom. The molecule has 0 fully saturated rings. The summed E-state index contributed by atoms with van der Waals surface area (Å²) in [5, 5.41) is 0. The summed E-state index contributed by atoms with van der Waals surface area (Å²) in [7, 11) is 11.5. The van der Waals surface area contributed by atoms with Gasteiger partial charge in [-0.3, -0.25) is 0 Å². The van der Waals surface area contributed by atoms with Crippen LogP contribution in [0.3, 0.4) is 0 Å². The van der Waals surface area contributed by atoms with E-state index in [4.69, 9.17) is 0 Å². The molecule has 0 bridgehead atoms. The summed E-state index contributed by atoms with van der Waals surface area (Å²) in [4.78, 5) is 5.17. The number of benzene rings is 1. The van der Waals surface area contributed by atoms with Gasteiger partial charge >= 0.3 is 0 Å². The van der Waals surface area contributed by atoms with Crippen molar-refractivity contribution in [3.63, 3.8) is 0 Å². The van der Waals surface area contributed by atoms with Crippen LogP contribution in [0.25, 0.3) is 0 Å². The van der Waals surface area contributed by atoms with Gasteiger partial charge in [-0.05, 0) is 85.8 Å². The molecule has 1 unspecified atom stereocenters. The first-order chi connectivity index (χ1) is 9.27. The molecular weight excluding hydrogens is 393 g/mol. The second kappa shape index (κ2) is 6.93. The van der Waals surface area contributed by atoms with Gasteiger partial charge in [0, 0.05) is 24.5 Å². The Kier molecular flexibility index (Phi) is 5.73. The highest BCUT2D eigenvalue weighted by atomic mass is 33.8. The molecule has 9 heteroatoms. The summed E-state index contributed by atoms with van der Waals surface area (Å²) in [5.41, 5.74) is 2.71. The first kappa shape index (κ1) is 15.7. The fourth-order valence-corrected chi connectivity index (χ4v) is 17.3. The maximum atomic E-state index is 12.3. The molecule has 1 atom stereocenters. The van der Waals surface area contributed by atoms with E-state index >= 15 is 0 Å². The fraction of sp³-hybridized carbons (Fsp3) is 0.400. The van der Waals surface area contributed by atoms with Crippen LogP contribution in [0.2, 0.25) is 0 Å². The third kappa shape index (κ3) is 2.87. The van der Waals surface area contributed by atoms with Crippen molar-refractivity contribution in [1.29, 1.82) is 0 Å². The van der Waals surface area contributed by atoms with Gasteiger partial charge in [0.05, 0.1) is 4.90 Å². The van der Waals surface area contributed by atoms with Crippen molar-refractivity contribution in [2.75, 3.05) is 0 Å². The quantitative estimate of drug-likeness (QED) is 0.505. The molecule has 2 heterocycles. The molecule has 0 spiro atoms. The van der Waals surface area contributed by atoms with Gasteiger partial charge in [0.2, 0.25) is 0 Å². The highest BCUT2D eigenvalue weighted by Gasteiger charge is 2.32. The summed E-state index contributed by atoms with van der Waals surface area (Å²) < 4.78 is 12.3. The molecule has 1 nitrogen and oxygen atoms in total. The maximum absolute atomic E-state index is 12.3. The van der Waals surface area contributed by atoms with Crippen LogP contribution in [0.4, 0.5) is 0 Å². The SMILES string of the molecule is CCc1c2c(c(CC)c3c1SSS3=O)SSSSS2. The minimum atomic E-state index is -0.891. The van der Waals surface area contributed by atoms with E-state index in [1.54, 1.807) is 10.8 Å². The molecule has 1 aromatic carbocycles. The summed E-state index contributed by atoms with van der Waals surface area (Å²) in [6, 6.07) is 0. The fourth-order valence-electron chi connectivity index (χ4n) is 2.04. The maximum Gasteiger partial charge on any atom is 0.125 e. The highest BCUT2D eigenvalue weighted by Crippen LogP contribution is 2.64. The summed E-state index contributed by atoms with van der Waals surface area (Å²) in [5.74, 6) is 0. The molecule has 2 aliphatic rings. The van der Waals surface area contributed by atoms with Crippen LogP contribution in [0.1, 0.15) is 25.0 Å². The van der Waals surface area contributed by atoms with E-state index in [2.05, 4.69) is 13.8 Å². The molecule has 3 rings (SSSR count). The lowest BCUT2D eigenvalue weighted by molar-refractivity contribution is 0.688. The Hall–Kier alpha value is 1.82. The van der Waals surface area contributed by atoms with Crippen molar-refractivity contribution in [1.82, 2.24) is 0 Å². The van der Waals surface area contributed by atoms with Crippen molar-refractivity contribution in [3.05, 3.63) is 11.1 Å². The lowest BCUT2D eigenvalue weighted by Crippen LogP contribution is -2.01. The van der Waals surface area contributed by atoms with Gasteiger partial charge in [0.1, 0.15) is 9.83 Å². The summed E-state index contributed by atoms with van der Waals surface area (Å²) in [6.45, 7) is 4.38. The second-order valence-corrected chi connectivity index (χ2v) is 15.8. The molecule has 0 N–H and O–H groups in total. The smallest absolute Gasteiger partial charge is 0.125 e. The zero-order valence-electron chi connectivity index (χ0n) is 10.1. The molecule has 0 amide bonds. The summed E-state index contributed by atoms with van der Waals surface area (Å²) in [6.07, 6.45) is 1.98. The third-order valence-corrected chi connectivity index (χ3v) is 16.5. The highest BCUT2D eigenvalue weighted by molar-refractivity contribution is 9.36. The van der Waals surface area contributed by atoms with Gasteiger partial charge in [-0.2, -0.15) is 0 Å². The van der Waals surface area contributed by atoms with E-state index in [0.717, 1.165) is 17.7 Å². The van der Waals surface area contributed by atoms with E-state index in [1.165, 1.54) is 35.6 Å². The van der Waals surface area contributed by atoms with Crippen LogP contribution in [0.15, 0.2) is 19.6 Å². The predicted octanol–water partition coefficient (Wildman–Crippen LogP) is 6.65. The van der Waals surface area contributed by atoms with Crippen molar-refractivity contribution in [3.8, 4) is 0 Å². The van der Waals surface area contributed by atoms with Crippen LogP contribution < -0.4 is 0 Å². The molecule has 2 aliphatic heterocycles. The second-order valence-electron chi connectivity index (χ2n) is 3.74. The number of hydrogen-bond acceptors (Lipinski definition) is 8. The molecule has 0 radical (unpaired) electrons. The Morgan fingerprint density at radius 1 is 0.842 bits per heavy atom. The van der Waals surface area contributed by atoms with Gasteiger partial charge in [0.15, 0.2) is 0 Å². The summed E-state index contributed by atoms with van der Waals surface area (Å²) >= 11 is 0. The van der Waals surface area contributed by atoms with Gasteiger partial charge in [-0.1, -0.05) is 13.8 Å². The standard InChI is InChI=1S/C10H10OS8/c1-3-5-7-8(13-16-17-15-12-7)6(4-2)10-9(5)14-18-19(10)11/h3-4H2,1-2H3. The Labute approximate surface area is 142 Å². The largest absolute Gasteiger partial charge is 0.242 e. The van der Waals surface area contributed by atoms with E-state index in [9.17, 15) is 4.21 Å². The van der Waals surface area contributed by atoms with Crippen molar-refractivity contribution in [2.24, 2.45) is 0 Å². The lowest BCUT2D eigenvalue weighted by Gasteiger charge is -2.17. The third-order valence-electron chi connectivity index (χ3n) is 2.85. The molecule has 0 aliphatic carbocycles. The Bertz CT molecular complexity index is 543.